The Labute approximate surface area is 116 Å². The van der Waals surface area contributed by atoms with Gasteiger partial charge in [-0.1, -0.05) is 0 Å². The zero-order valence-electron chi connectivity index (χ0n) is 10.9. The van der Waals surface area contributed by atoms with Crippen LogP contribution in [0.3, 0.4) is 0 Å². The van der Waals surface area contributed by atoms with E-state index in [9.17, 15) is 0 Å². The number of rotatable bonds is 3. The van der Waals surface area contributed by atoms with Gasteiger partial charge in [-0.15, -0.1) is 0 Å². The number of pyridine rings is 1. The Morgan fingerprint density at radius 1 is 1.20 bits per heavy atom. The summed E-state index contributed by atoms with van der Waals surface area (Å²) in [5.41, 5.74) is 2.15. The molecule has 0 aromatic carbocycles. The molecule has 3 rings (SSSR count). The second kappa shape index (κ2) is 5.63. The monoisotopic (exact) mass is 266 g/mol. The molecule has 0 saturated carbocycles. The minimum atomic E-state index is 0.327. The van der Waals surface area contributed by atoms with Gasteiger partial charge in [-0.2, -0.15) is 5.26 Å². The maximum atomic E-state index is 8.69. The van der Waals surface area contributed by atoms with Gasteiger partial charge in [0.15, 0.2) is 0 Å². The summed E-state index contributed by atoms with van der Waals surface area (Å²) >= 11 is 0. The number of nitrogens with zero attached hydrogens (tertiary/aromatic N) is 4. The third-order valence-electron chi connectivity index (χ3n) is 3.24. The summed E-state index contributed by atoms with van der Waals surface area (Å²) in [7, 11) is 0. The summed E-state index contributed by atoms with van der Waals surface area (Å²) in [4.78, 5) is 12.8. The van der Waals surface area contributed by atoms with Crippen LogP contribution in [0.2, 0.25) is 0 Å². The van der Waals surface area contributed by atoms with Crippen LogP contribution in [0.25, 0.3) is 0 Å². The Kier molecular flexibility index (Phi) is 3.52. The van der Waals surface area contributed by atoms with Gasteiger partial charge >= 0.3 is 0 Å². The topological polar surface area (TPSA) is 86.5 Å². The van der Waals surface area contributed by atoms with Crippen LogP contribution in [0.5, 0.6) is 0 Å². The fourth-order valence-electron chi connectivity index (χ4n) is 2.20. The van der Waals surface area contributed by atoms with Gasteiger partial charge < -0.3 is 10.6 Å². The van der Waals surface area contributed by atoms with Gasteiger partial charge in [0.05, 0.1) is 36.0 Å². The van der Waals surface area contributed by atoms with E-state index in [0.717, 1.165) is 24.3 Å². The minimum absolute atomic E-state index is 0.327. The molecule has 2 aromatic heterocycles. The third-order valence-corrected chi connectivity index (χ3v) is 3.24. The average molecular weight is 266 g/mol. The van der Waals surface area contributed by atoms with Gasteiger partial charge in [-0.3, -0.25) is 4.98 Å². The Morgan fingerprint density at radius 3 is 2.75 bits per heavy atom. The molecule has 6 nitrogen and oxygen atoms in total. The first-order chi connectivity index (χ1) is 9.85. The van der Waals surface area contributed by atoms with E-state index in [2.05, 4.69) is 25.6 Å². The zero-order chi connectivity index (χ0) is 13.8. The van der Waals surface area contributed by atoms with Crippen LogP contribution in [0.1, 0.15) is 30.3 Å². The first-order valence-electron chi connectivity index (χ1n) is 6.53. The van der Waals surface area contributed by atoms with Gasteiger partial charge in [0.1, 0.15) is 17.6 Å². The van der Waals surface area contributed by atoms with E-state index in [1.807, 2.05) is 6.07 Å². The van der Waals surface area contributed by atoms with Crippen molar-refractivity contribution in [2.75, 3.05) is 11.9 Å². The summed E-state index contributed by atoms with van der Waals surface area (Å²) < 4.78 is 0. The lowest BCUT2D eigenvalue weighted by molar-refractivity contribution is 0.624. The Morgan fingerprint density at radius 2 is 2.15 bits per heavy atom. The molecular weight excluding hydrogens is 252 g/mol. The zero-order valence-corrected chi connectivity index (χ0v) is 10.9. The fraction of sp³-hybridized carbons (Fsp3) is 0.286. The van der Waals surface area contributed by atoms with E-state index < -0.39 is 0 Å². The van der Waals surface area contributed by atoms with Crippen molar-refractivity contribution in [3.8, 4) is 6.07 Å². The first kappa shape index (κ1) is 12.5. The molecule has 1 atom stereocenters. The minimum Gasteiger partial charge on any atom is -0.338 e. The highest BCUT2D eigenvalue weighted by Gasteiger charge is 2.17. The van der Waals surface area contributed by atoms with Crippen LogP contribution in [-0.2, 0) is 0 Å². The van der Waals surface area contributed by atoms with Gasteiger partial charge in [0.2, 0.25) is 0 Å². The molecule has 1 saturated heterocycles. The van der Waals surface area contributed by atoms with Crippen molar-refractivity contribution in [2.24, 2.45) is 0 Å². The van der Waals surface area contributed by atoms with Crippen molar-refractivity contribution in [1.82, 2.24) is 20.3 Å². The number of hydrogen-bond donors (Lipinski definition) is 2. The Bertz CT molecular complexity index is 608. The summed E-state index contributed by atoms with van der Waals surface area (Å²) in [5, 5.41) is 15.2. The van der Waals surface area contributed by atoms with Crippen LogP contribution in [0.15, 0.2) is 30.7 Å². The van der Waals surface area contributed by atoms with Crippen LogP contribution in [-0.4, -0.2) is 21.5 Å². The van der Waals surface area contributed by atoms with E-state index in [1.165, 1.54) is 6.42 Å². The normalized spacial score (nSPS) is 17.6. The van der Waals surface area contributed by atoms with Crippen molar-refractivity contribution in [1.29, 1.82) is 5.26 Å². The second-order valence-electron chi connectivity index (χ2n) is 4.64. The van der Waals surface area contributed by atoms with Crippen LogP contribution >= 0.6 is 0 Å². The number of nitrogens with one attached hydrogen (secondary N) is 2. The lowest BCUT2D eigenvalue weighted by Crippen LogP contribution is -2.14. The SMILES string of the molecule is N#Cc1ccc(Nc2cnc([C@H]3CCCN3)cn2)cn1. The van der Waals surface area contributed by atoms with E-state index in [1.54, 1.807) is 30.7 Å². The Balaban J connectivity index is 1.69. The van der Waals surface area contributed by atoms with E-state index in [4.69, 9.17) is 5.26 Å². The number of nitriles is 1. The average Bonchev–Trinajstić information content (AvgIpc) is 3.03. The van der Waals surface area contributed by atoms with Crippen molar-refractivity contribution in [3.63, 3.8) is 0 Å². The molecule has 2 N–H and O–H groups in total. The molecule has 1 aliphatic heterocycles. The molecule has 0 unspecified atom stereocenters. The molecule has 1 aliphatic rings. The van der Waals surface area contributed by atoms with Gasteiger partial charge in [0, 0.05) is 0 Å². The number of anilines is 2. The molecule has 0 bridgehead atoms. The van der Waals surface area contributed by atoms with E-state index in [-0.39, 0.29) is 0 Å². The molecule has 1 fully saturated rings. The van der Waals surface area contributed by atoms with Crippen molar-refractivity contribution in [2.45, 2.75) is 18.9 Å². The van der Waals surface area contributed by atoms with Crippen LogP contribution in [0.4, 0.5) is 11.5 Å². The van der Waals surface area contributed by atoms with Crippen molar-refractivity contribution in [3.05, 3.63) is 42.1 Å². The maximum absolute atomic E-state index is 8.69. The summed E-state index contributed by atoms with van der Waals surface area (Å²) in [6.45, 7) is 1.04. The van der Waals surface area contributed by atoms with Crippen molar-refractivity contribution >= 4 is 11.5 Å². The molecule has 3 heterocycles. The molecule has 0 radical (unpaired) electrons. The van der Waals surface area contributed by atoms with Crippen LogP contribution in [0, 0.1) is 11.3 Å². The van der Waals surface area contributed by atoms with Gasteiger partial charge in [-0.25, -0.2) is 9.97 Å². The third kappa shape index (κ3) is 2.73. The summed E-state index contributed by atoms with van der Waals surface area (Å²) in [6, 6.07) is 5.76. The fourth-order valence-corrected chi connectivity index (χ4v) is 2.20. The van der Waals surface area contributed by atoms with E-state index >= 15 is 0 Å². The lowest BCUT2D eigenvalue weighted by Gasteiger charge is -2.10. The van der Waals surface area contributed by atoms with Crippen LogP contribution < -0.4 is 10.6 Å². The summed E-state index contributed by atoms with van der Waals surface area (Å²) in [5.74, 6) is 0.665. The maximum Gasteiger partial charge on any atom is 0.148 e. The predicted octanol–water partition coefficient (Wildman–Crippen LogP) is 1.91. The largest absolute Gasteiger partial charge is 0.338 e. The van der Waals surface area contributed by atoms with Gasteiger partial charge in [0.25, 0.3) is 0 Å². The molecule has 0 amide bonds. The molecule has 20 heavy (non-hydrogen) atoms. The molecule has 2 aromatic rings. The molecule has 100 valence electrons. The molecule has 0 aliphatic carbocycles. The van der Waals surface area contributed by atoms with Gasteiger partial charge in [-0.05, 0) is 31.5 Å². The summed E-state index contributed by atoms with van der Waals surface area (Å²) in [6.07, 6.45) is 7.41. The highest BCUT2D eigenvalue weighted by atomic mass is 15.0. The molecule has 0 spiro atoms. The quantitative estimate of drug-likeness (QED) is 0.882. The highest BCUT2D eigenvalue weighted by Crippen LogP contribution is 2.21. The number of aromatic nitrogens is 3. The smallest absolute Gasteiger partial charge is 0.148 e. The predicted molar refractivity (Wildman–Crippen MR) is 74.2 cm³/mol. The second-order valence-corrected chi connectivity index (χ2v) is 4.64. The Hall–Kier alpha value is -2.52. The first-order valence-corrected chi connectivity index (χ1v) is 6.53. The number of hydrogen-bond acceptors (Lipinski definition) is 6. The standard InChI is InChI=1S/C14H14N6/c15-6-10-3-4-11(7-17-10)20-14-9-18-13(8-19-14)12-2-1-5-16-12/h3-4,7-9,12,16H,1-2,5H2,(H,19,20)/t12-/m1/s1. The van der Waals surface area contributed by atoms with Crippen molar-refractivity contribution < 1.29 is 0 Å². The molecule has 6 heteroatoms. The molecular formula is C14H14N6. The lowest BCUT2D eigenvalue weighted by atomic mass is 10.2. The van der Waals surface area contributed by atoms with E-state index in [0.29, 0.717) is 17.6 Å². The highest BCUT2D eigenvalue weighted by molar-refractivity contribution is 5.54.